The van der Waals surface area contributed by atoms with Crippen LogP contribution in [0.3, 0.4) is 0 Å². The fourth-order valence-corrected chi connectivity index (χ4v) is 2.98. The molecule has 0 aliphatic rings. The van der Waals surface area contributed by atoms with E-state index in [1.807, 2.05) is 48.6 Å². The van der Waals surface area contributed by atoms with Gasteiger partial charge in [0.15, 0.2) is 0 Å². The quantitative estimate of drug-likeness (QED) is 0.561. The highest BCUT2D eigenvalue weighted by atomic mass is 35.5. The van der Waals surface area contributed by atoms with Gasteiger partial charge in [0.2, 0.25) is 0 Å². The van der Waals surface area contributed by atoms with Crippen molar-refractivity contribution >= 4 is 35.1 Å². The molecular weight excluding hydrogens is 386 g/mol. The average molecular weight is 418 g/mol. The highest BCUT2D eigenvalue weighted by Crippen LogP contribution is 2.23. The van der Waals surface area contributed by atoms with Crippen molar-refractivity contribution in [2.24, 2.45) is 7.05 Å². The third-order valence-electron chi connectivity index (χ3n) is 4.21. The third kappa shape index (κ3) is 6.94. The number of aromatic nitrogens is 2. The first-order valence-corrected chi connectivity index (χ1v) is 9.07. The Labute approximate surface area is 171 Å². The first-order valence-electron chi connectivity index (χ1n) is 9.07. The van der Waals surface area contributed by atoms with Crippen LogP contribution in [0.25, 0.3) is 11.0 Å². The number of aliphatic hydroxyl groups is 2. The van der Waals surface area contributed by atoms with Crippen molar-refractivity contribution in [3.8, 4) is 0 Å². The van der Waals surface area contributed by atoms with E-state index in [4.69, 9.17) is 9.72 Å². The molecule has 4 N–H and O–H groups in total. The Balaban J connectivity index is 0.00000364. The van der Waals surface area contributed by atoms with Crippen LogP contribution in [0, 0.1) is 0 Å². The zero-order valence-corrected chi connectivity index (χ0v) is 17.5. The van der Waals surface area contributed by atoms with Gasteiger partial charge in [0, 0.05) is 38.7 Å². The summed E-state index contributed by atoms with van der Waals surface area (Å²) >= 11 is 0. The van der Waals surface area contributed by atoms with Crippen molar-refractivity contribution in [3.05, 3.63) is 24.0 Å². The smallest absolute Gasteiger partial charge is 0.306 e. The minimum atomic E-state index is -0.176. The molecule has 0 bridgehead atoms. The number of carbonyl (C=O) groups excluding carboxylic acids is 1. The maximum absolute atomic E-state index is 11.6. The number of hydrogen-bond acceptors (Lipinski definition) is 6. The number of ether oxygens (including phenoxy) is 1. The minimum Gasteiger partial charge on any atom is -0.463 e. The Hall–Kier alpha value is -1.87. The number of nitrogens with zero attached hydrogens (tertiary/aromatic N) is 3. The van der Waals surface area contributed by atoms with Gasteiger partial charge in [-0.25, -0.2) is 4.98 Å². The minimum absolute atomic E-state index is 0. The second-order valence-electron chi connectivity index (χ2n) is 6.59. The predicted molar refractivity (Wildman–Crippen MR) is 112 cm³/mol. The van der Waals surface area contributed by atoms with Crippen LogP contribution >= 0.6 is 12.4 Å². The number of anilines is 1. The summed E-state index contributed by atoms with van der Waals surface area (Å²) in [6, 6.07) is 5.94. The van der Waals surface area contributed by atoms with E-state index in [2.05, 4.69) is 0 Å². The lowest BCUT2D eigenvalue weighted by atomic mass is 10.2. The summed E-state index contributed by atoms with van der Waals surface area (Å²) in [5.41, 5.74) is 2.80. The molecule has 0 radical (unpaired) electrons. The molecule has 1 aromatic carbocycles. The maximum Gasteiger partial charge on any atom is 0.306 e. The van der Waals surface area contributed by atoms with Gasteiger partial charge in [-0.15, -0.1) is 12.4 Å². The van der Waals surface area contributed by atoms with Crippen LogP contribution < -0.4 is 4.90 Å². The number of halogens is 1. The molecule has 0 saturated heterocycles. The predicted octanol–water partition coefficient (Wildman–Crippen LogP) is 1.24. The van der Waals surface area contributed by atoms with Crippen molar-refractivity contribution in [2.45, 2.75) is 39.2 Å². The molecule has 0 saturated carbocycles. The van der Waals surface area contributed by atoms with Crippen molar-refractivity contribution in [1.29, 1.82) is 0 Å². The fraction of sp³-hybridized carbons (Fsp3) is 0.579. The number of esters is 1. The van der Waals surface area contributed by atoms with Crippen LogP contribution in [0.2, 0.25) is 0 Å². The number of hydrogen-bond donors (Lipinski definition) is 2. The Morgan fingerprint density at radius 3 is 2.46 bits per heavy atom. The molecule has 0 spiro atoms. The van der Waals surface area contributed by atoms with Gasteiger partial charge < -0.3 is 29.9 Å². The van der Waals surface area contributed by atoms with Gasteiger partial charge in [0.05, 0.1) is 30.4 Å². The van der Waals surface area contributed by atoms with Crippen LogP contribution in [-0.4, -0.2) is 63.6 Å². The van der Waals surface area contributed by atoms with Crippen LogP contribution in [0.4, 0.5) is 5.69 Å². The summed E-state index contributed by atoms with van der Waals surface area (Å²) in [5.74, 6) is 0.745. The van der Waals surface area contributed by atoms with Gasteiger partial charge in [-0.2, -0.15) is 0 Å². The third-order valence-corrected chi connectivity index (χ3v) is 4.21. The lowest BCUT2D eigenvalue weighted by Gasteiger charge is -2.22. The number of imidazole rings is 1. The Morgan fingerprint density at radius 2 is 1.89 bits per heavy atom. The molecule has 0 aliphatic heterocycles. The Bertz CT molecular complexity index is 730. The molecule has 8 nitrogen and oxygen atoms in total. The van der Waals surface area contributed by atoms with E-state index in [-0.39, 0.29) is 43.2 Å². The lowest BCUT2D eigenvalue weighted by molar-refractivity contribution is -0.147. The largest absolute Gasteiger partial charge is 0.463 e. The summed E-state index contributed by atoms with van der Waals surface area (Å²) < 4.78 is 7.19. The van der Waals surface area contributed by atoms with E-state index in [0.717, 1.165) is 22.5 Å². The van der Waals surface area contributed by atoms with Crippen LogP contribution in [0.15, 0.2) is 18.2 Å². The van der Waals surface area contributed by atoms with E-state index in [0.29, 0.717) is 32.4 Å². The number of rotatable bonds is 10. The van der Waals surface area contributed by atoms with Gasteiger partial charge >= 0.3 is 5.97 Å². The molecule has 2 rings (SSSR count). The summed E-state index contributed by atoms with van der Waals surface area (Å²) in [5, 5.41) is 18.4. The molecule has 0 fully saturated rings. The molecule has 0 atom stereocenters. The normalized spacial score (nSPS) is 10.5. The zero-order chi connectivity index (χ0) is 19.1. The van der Waals surface area contributed by atoms with Crippen LogP contribution in [0.5, 0.6) is 0 Å². The van der Waals surface area contributed by atoms with Gasteiger partial charge in [-0.05, 0) is 38.5 Å². The second kappa shape index (κ2) is 12.6. The second-order valence-corrected chi connectivity index (χ2v) is 6.59. The number of benzene rings is 1. The van der Waals surface area contributed by atoms with Crippen molar-refractivity contribution in [1.82, 2.24) is 9.55 Å². The first kappa shape index (κ1) is 26.1. The summed E-state index contributed by atoms with van der Waals surface area (Å²) in [4.78, 5) is 18.3. The number of aliphatic hydroxyl groups excluding tert-OH is 2. The molecule has 160 valence electrons. The maximum atomic E-state index is 11.6. The Morgan fingerprint density at radius 1 is 1.25 bits per heavy atom. The van der Waals surface area contributed by atoms with E-state index < -0.39 is 0 Å². The fourth-order valence-electron chi connectivity index (χ4n) is 2.98. The lowest BCUT2D eigenvalue weighted by Crippen LogP contribution is -2.29. The molecule has 1 aromatic heterocycles. The highest BCUT2D eigenvalue weighted by molar-refractivity contribution is 5.85. The average Bonchev–Trinajstić information content (AvgIpc) is 2.89. The van der Waals surface area contributed by atoms with E-state index in [9.17, 15) is 15.0 Å². The molecule has 9 heteroatoms. The summed E-state index contributed by atoms with van der Waals surface area (Å²) in [6.45, 7) is 4.67. The SMILES string of the molecule is CC(C)OC(=O)CCCc1nc2cc(N(CCO)CCO)ccc2n1C.Cl.O. The molecule has 2 aromatic rings. The molecule has 0 amide bonds. The van der Waals surface area contributed by atoms with E-state index in [1.165, 1.54) is 0 Å². The van der Waals surface area contributed by atoms with Gasteiger partial charge in [-0.1, -0.05) is 0 Å². The van der Waals surface area contributed by atoms with E-state index in [1.54, 1.807) is 0 Å². The van der Waals surface area contributed by atoms with Crippen LogP contribution in [0.1, 0.15) is 32.5 Å². The molecule has 1 heterocycles. The molecule has 0 unspecified atom stereocenters. The van der Waals surface area contributed by atoms with Gasteiger partial charge in [0.25, 0.3) is 0 Å². The monoisotopic (exact) mass is 417 g/mol. The van der Waals surface area contributed by atoms with Crippen LogP contribution in [-0.2, 0) is 23.0 Å². The zero-order valence-electron chi connectivity index (χ0n) is 16.7. The van der Waals surface area contributed by atoms with E-state index >= 15 is 0 Å². The van der Waals surface area contributed by atoms with Gasteiger partial charge in [0.1, 0.15) is 5.82 Å². The highest BCUT2D eigenvalue weighted by Gasteiger charge is 2.12. The molecular formula is C19H32ClN3O5. The first-order chi connectivity index (χ1) is 12.5. The number of carbonyl (C=O) groups is 1. The number of fused-ring (bicyclic) bond motifs is 1. The van der Waals surface area contributed by atoms with Crippen molar-refractivity contribution < 1.29 is 25.2 Å². The molecule has 28 heavy (non-hydrogen) atoms. The number of aryl methyl sites for hydroxylation is 2. The van der Waals surface area contributed by atoms with Gasteiger partial charge in [-0.3, -0.25) is 4.79 Å². The molecule has 0 aliphatic carbocycles. The van der Waals surface area contributed by atoms with Crippen molar-refractivity contribution in [2.75, 3.05) is 31.2 Å². The standard InChI is InChI=1S/C19H29N3O4.ClH.H2O/c1-14(2)26-19(25)6-4-5-18-20-16-13-15(7-8-17(16)21(18)3)22(9-11-23)10-12-24;;/h7-8,13-14,23-24H,4-6,9-12H2,1-3H3;1H;1H2. The topological polar surface area (TPSA) is 119 Å². The summed E-state index contributed by atoms with van der Waals surface area (Å²) in [6.07, 6.45) is 1.69. The Kier molecular flexibility index (Phi) is 11.7. The van der Waals surface area contributed by atoms with Crippen molar-refractivity contribution in [3.63, 3.8) is 0 Å². The summed E-state index contributed by atoms with van der Waals surface area (Å²) in [7, 11) is 1.97.